The third kappa shape index (κ3) is 3.85. The second kappa shape index (κ2) is 7.50. The summed E-state index contributed by atoms with van der Waals surface area (Å²) in [5.74, 6) is -0.983. The molecule has 1 heterocycles. The Hall–Kier alpha value is -2.02. The van der Waals surface area contributed by atoms with Crippen molar-refractivity contribution < 1.29 is 19.4 Å². The number of esters is 1. The van der Waals surface area contributed by atoms with E-state index in [1.54, 1.807) is 6.92 Å². The molecule has 0 spiro atoms. The number of hydrogen-bond donors (Lipinski definition) is 1. The van der Waals surface area contributed by atoms with Gasteiger partial charge in [-0.2, -0.15) is 0 Å². The highest BCUT2D eigenvalue weighted by atomic mass is 32.1. The van der Waals surface area contributed by atoms with Gasteiger partial charge in [-0.15, -0.1) is 21.6 Å². The minimum atomic E-state index is -0.407. The van der Waals surface area contributed by atoms with Crippen LogP contribution < -0.4 is 0 Å². The Morgan fingerprint density at radius 3 is 2.57 bits per heavy atom. The van der Waals surface area contributed by atoms with Crippen LogP contribution in [-0.2, 0) is 22.4 Å². The minimum Gasteiger partial charge on any atom is -0.510 e. The molecular weight excluding hydrogens is 316 g/mol. The third-order valence-corrected chi connectivity index (χ3v) is 4.73. The third-order valence-electron chi connectivity index (χ3n) is 3.55. The van der Waals surface area contributed by atoms with Crippen LogP contribution in [0.15, 0.2) is 21.7 Å². The van der Waals surface area contributed by atoms with Crippen LogP contribution in [0.1, 0.15) is 54.4 Å². The van der Waals surface area contributed by atoms with E-state index < -0.39 is 5.97 Å². The van der Waals surface area contributed by atoms with Gasteiger partial charge in [-0.1, -0.05) is 0 Å². The maximum atomic E-state index is 12.3. The van der Waals surface area contributed by atoms with E-state index in [-0.39, 0.29) is 23.8 Å². The summed E-state index contributed by atoms with van der Waals surface area (Å²) in [7, 11) is 0. The lowest BCUT2D eigenvalue weighted by Crippen LogP contribution is -2.09. The zero-order valence-electron chi connectivity index (χ0n) is 13.5. The Labute approximate surface area is 138 Å². The number of aryl methyl sites for hydroxylation is 1. The first kappa shape index (κ1) is 17.3. The van der Waals surface area contributed by atoms with Crippen LogP contribution in [0, 0.1) is 0 Å². The molecule has 0 aliphatic heterocycles. The number of aliphatic hydroxyl groups excluding tert-OH is 1. The first-order valence-corrected chi connectivity index (χ1v) is 8.41. The summed E-state index contributed by atoms with van der Waals surface area (Å²) in [5, 5.41) is 17.9. The first-order chi connectivity index (χ1) is 11.0. The van der Waals surface area contributed by atoms with Crippen LogP contribution in [0.25, 0.3) is 0 Å². The van der Waals surface area contributed by atoms with Gasteiger partial charge >= 0.3 is 5.97 Å². The fourth-order valence-corrected chi connectivity index (χ4v) is 3.73. The molecule has 124 valence electrons. The number of ether oxygens (including phenoxy) is 1. The van der Waals surface area contributed by atoms with Crippen molar-refractivity contribution in [3.8, 4) is 0 Å². The number of Topliss-reactive ketones (excluding diaryl/α,β-unsaturated/α-hetero) is 1. The van der Waals surface area contributed by atoms with E-state index in [4.69, 9.17) is 4.74 Å². The van der Waals surface area contributed by atoms with Crippen molar-refractivity contribution in [1.82, 2.24) is 0 Å². The number of ketones is 1. The molecule has 0 saturated carbocycles. The highest BCUT2D eigenvalue weighted by Crippen LogP contribution is 2.40. The molecule has 1 N–H and O–H groups in total. The van der Waals surface area contributed by atoms with E-state index in [2.05, 4.69) is 10.2 Å². The molecule has 0 amide bonds. The van der Waals surface area contributed by atoms with Crippen LogP contribution in [0.3, 0.4) is 0 Å². The Balaban J connectivity index is 2.45. The monoisotopic (exact) mass is 336 g/mol. The van der Waals surface area contributed by atoms with Crippen LogP contribution in [0.2, 0.25) is 0 Å². The zero-order valence-corrected chi connectivity index (χ0v) is 14.3. The molecule has 0 saturated heterocycles. The number of hydrogen-bond acceptors (Lipinski definition) is 7. The summed E-state index contributed by atoms with van der Waals surface area (Å²) in [4.78, 5) is 24.9. The van der Waals surface area contributed by atoms with Gasteiger partial charge in [0.15, 0.2) is 16.5 Å². The summed E-state index contributed by atoms with van der Waals surface area (Å²) < 4.78 is 5.13. The van der Waals surface area contributed by atoms with Gasteiger partial charge in [0.05, 0.1) is 6.61 Å². The standard InChI is InChI=1S/C16H20N2O4S/c1-4-22-16(21)13-11-7-5-6-8-12(11)23-15(13)18-17-14(9(2)19)10(3)20/h19H,4-8H2,1-3H3/b14-9-,18-17?. The van der Waals surface area contributed by atoms with Crippen molar-refractivity contribution in [3.63, 3.8) is 0 Å². The largest absolute Gasteiger partial charge is 0.510 e. The van der Waals surface area contributed by atoms with Gasteiger partial charge in [0.25, 0.3) is 0 Å². The summed E-state index contributed by atoms with van der Waals surface area (Å²) in [6, 6.07) is 0. The van der Waals surface area contributed by atoms with E-state index in [0.29, 0.717) is 10.6 Å². The van der Waals surface area contributed by atoms with Crippen molar-refractivity contribution in [2.45, 2.75) is 46.5 Å². The van der Waals surface area contributed by atoms with Crippen molar-refractivity contribution in [3.05, 3.63) is 27.5 Å². The van der Waals surface area contributed by atoms with Gasteiger partial charge in [-0.25, -0.2) is 4.79 Å². The molecule has 0 atom stereocenters. The summed E-state index contributed by atoms with van der Waals surface area (Å²) in [5.41, 5.74) is 1.34. The Morgan fingerprint density at radius 1 is 1.26 bits per heavy atom. The van der Waals surface area contributed by atoms with Gasteiger partial charge in [-0.05, 0) is 45.1 Å². The molecular formula is C16H20N2O4S. The molecule has 1 aliphatic rings. The minimum absolute atomic E-state index is 0.105. The fourth-order valence-electron chi connectivity index (χ4n) is 2.53. The SMILES string of the molecule is CCOC(=O)c1c(N=N/C(C(C)=O)=C(/C)O)sc2c1CCCC2. The molecule has 1 aliphatic carbocycles. The van der Waals surface area contributed by atoms with Gasteiger partial charge in [0.2, 0.25) is 0 Å². The van der Waals surface area contributed by atoms with Crippen LogP contribution >= 0.6 is 11.3 Å². The molecule has 23 heavy (non-hydrogen) atoms. The van der Waals surface area contributed by atoms with Gasteiger partial charge < -0.3 is 9.84 Å². The average molecular weight is 336 g/mol. The topological polar surface area (TPSA) is 88.3 Å². The summed E-state index contributed by atoms with van der Waals surface area (Å²) in [6.45, 7) is 4.72. The molecule has 1 aromatic heterocycles. The van der Waals surface area contributed by atoms with Crippen molar-refractivity contribution in [2.24, 2.45) is 10.2 Å². The highest BCUT2D eigenvalue weighted by Gasteiger charge is 2.26. The number of aliphatic hydroxyl groups is 1. The number of nitrogens with zero attached hydrogens (tertiary/aromatic N) is 2. The van der Waals surface area contributed by atoms with Gasteiger partial charge in [0, 0.05) is 11.8 Å². The van der Waals surface area contributed by atoms with E-state index in [0.717, 1.165) is 36.1 Å². The number of fused-ring (bicyclic) bond motifs is 1. The number of carbonyl (C=O) groups is 2. The molecule has 6 nitrogen and oxygen atoms in total. The quantitative estimate of drug-likeness (QED) is 0.376. The van der Waals surface area contributed by atoms with Crippen LogP contribution in [-0.4, -0.2) is 23.5 Å². The second-order valence-electron chi connectivity index (χ2n) is 5.30. The van der Waals surface area contributed by atoms with Gasteiger partial charge in [-0.3, -0.25) is 4.79 Å². The Bertz CT molecular complexity index is 684. The van der Waals surface area contributed by atoms with E-state index in [1.165, 1.54) is 25.2 Å². The number of carbonyl (C=O) groups excluding carboxylic acids is 2. The Kier molecular flexibility index (Phi) is 5.65. The molecule has 0 fully saturated rings. The molecule has 7 heteroatoms. The number of allylic oxidation sites excluding steroid dienone is 2. The fraction of sp³-hybridized carbons (Fsp3) is 0.500. The van der Waals surface area contributed by atoms with E-state index in [9.17, 15) is 14.7 Å². The summed E-state index contributed by atoms with van der Waals surface area (Å²) >= 11 is 1.40. The normalized spacial score (nSPS) is 15.3. The predicted molar refractivity (Wildman–Crippen MR) is 87.4 cm³/mol. The Morgan fingerprint density at radius 2 is 1.96 bits per heavy atom. The lowest BCUT2D eigenvalue weighted by atomic mass is 9.95. The molecule has 0 aromatic carbocycles. The smallest absolute Gasteiger partial charge is 0.341 e. The number of rotatable bonds is 5. The van der Waals surface area contributed by atoms with Gasteiger partial charge in [0.1, 0.15) is 11.3 Å². The number of thiophene rings is 1. The second-order valence-corrected chi connectivity index (χ2v) is 6.39. The maximum absolute atomic E-state index is 12.3. The number of azo groups is 1. The summed E-state index contributed by atoms with van der Waals surface area (Å²) in [6.07, 6.45) is 3.85. The average Bonchev–Trinajstić information content (AvgIpc) is 2.85. The lowest BCUT2D eigenvalue weighted by Gasteiger charge is -2.11. The lowest BCUT2D eigenvalue weighted by molar-refractivity contribution is -0.113. The zero-order chi connectivity index (χ0) is 17.0. The van der Waals surface area contributed by atoms with Crippen molar-refractivity contribution in [2.75, 3.05) is 6.61 Å². The molecule has 0 bridgehead atoms. The molecule has 2 rings (SSSR count). The highest BCUT2D eigenvalue weighted by molar-refractivity contribution is 7.16. The predicted octanol–water partition coefficient (Wildman–Crippen LogP) is 4.27. The van der Waals surface area contributed by atoms with Crippen LogP contribution in [0.5, 0.6) is 0 Å². The molecule has 0 unspecified atom stereocenters. The first-order valence-electron chi connectivity index (χ1n) is 7.59. The van der Waals surface area contributed by atoms with Crippen molar-refractivity contribution >= 4 is 28.1 Å². The van der Waals surface area contributed by atoms with Crippen molar-refractivity contribution in [1.29, 1.82) is 0 Å². The van der Waals surface area contributed by atoms with E-state index >= 15 is 0 Å². The molecule has 1 aromatic rings. The molecule has 0 radical (unpaired) electrons. The van der Waals surface area contributed by atoms with Crippen LogP contribution in [0.4, 0.5) is 5.00 Å². The maximum Gasteiger partial charge on any atom is 0.341 e. The van der Waals surface area contributed by atoms with E-state index in [1.807, 2.05) is 0 Å².